The second kappa shape index (κ2) is 10.5. The molecule has 0 bridgehead atoms. The van der Waals surface area contributed by atoms with Crippen molar-refractivity contribution in [2.24, 2.45) is 0 Å². The molecule has 1 atom stereocenters. The van der Waals surface area contributed by atoms with Crippen molar-refractivity contribution < 1.29 is 19.1 Å². The summed E-state index contributed by atoms with van der Waals surface area (Å²) in [5.74, 6) is 1.47. The number of ether oxygens (including phenoxy) is 2. The topological polar surface area (TPSA) is 89.6 Å². The third-order valence-electron chi connectivity index (χ3n) is 5.37. The van der Waals surface area contributed by atoms with E-state index in [1.165, 1.54) is 18.3 Å². The van der Waals surface area contributed by atoms with Crippen molar-refractivity contribution in [1.82, 2.24) is 10.3 Å². The van der Waals surface area contributed by atoms with Gasteiger partial charge in [-0.25, -0.2) is 4.98 Å². The maximum atomic E-state index is 12.3. The number of benzene rings is 2. The summed E-state index contributed by atoms with van der Waals surface area (Å²) in [6.45, 7) is 4.56. The number of carbonyl (C=O) groups is 2. The van der Waals surface area contributed by atoms with Gasteiger partial charge in [0.05, 0.1) is 24.9 Å². The SMILES string of the molecule is CC(=O)NC1CCOc2ccc(-c3csc(NC(=O)CCCOc4ccccc4C)n3)cc21. The fourth-order valence-electron chi connectivity index (χ4n) is 3.73. The van der Waals surface area contributed by atoms with Crippen LogP contribution in [0.5, 0.6) is 11.5 Å². The maximum absolute atomic E-state index is 12.3. The third kappa shape index (κ3) is 5.90. The number of hydrogen-bond donors (Lipinski definition) is 2. The van der Waals surface area contributed by atoms with Crippen LogP contribution in [0.25, 0.3) is 11.3 Å². The van der Waals surface area contributed by atoms with Crippen LogP contribution in [-0.4, -0.2) is 30.0 Å². The Hall–Kier alpha value is -3.39. The summed E-state index contributed by atoms with van der Waals surface area (Å²) in [5, 5.41) is 8.32. The minimum atomic E-state index is -0.0890. The molecule has 0 spiro atoms. The van der Waals surface area contributed by atoms with Crippen LogP contribution in [0.2, 0.25) is 0 Å². The van der Waals surface area contributed by atoms with Crippen LogP contribution in [0.1, 0.15) is 43.4 Å². The summed E-state index contributed by atoms with van der Waals surface area (Å²) in [5.41, 5.74) is 3.71. The monoisotopic (exact) mass is 465 g/mol. The summed E-state index contributed by atoms with van der Waals surface area (Å²) in [7, 11) is 0. The first kappa shape index (κ1) is 22.8. The van der Waals surface area contributed by atoms with Crippen molar-refractivity contribution in [3.63, 3.8) is 0 Å². The number of fused-ring (bicyclic) bond motifs is 1. The molecule has 1 unspecified atom stereocenters. The van der Waals surface area contributed by atoms with Crippen LogP contribution in [0, 0.1) is 6.92 Å². The number of rotatable bonds is 8. The van der Waals surface area contributed by atoms with E-state index < -0.39 is 0 Å². The molecule has 8 heteroatoms. The fraction of sp³-hybridized carbons (Fsp3) is 0.320. The number of aromatic nitrogens is 1. The maximum Gasteiger partial charge on any atom is 0.226 e. The lowest BCUT2D eigenvalue weighted by Gasteiger charge is -2.26. The molecular weight excluding hydrogens is 438 g/mol. The minimum Gasteiger partial charge on any atom is -0.493 e. The molecule has 0 fully saturated rings. The molecule has 1 aliphatic heterocycles. The zero-order chi connectivity index (χ0) is 23.2. The average molecular weight is 466 g/mol. The second-order valence-electron chi connectivity index (χ2n) is 7.95. The second-order valence-corrected chi connectivity index (χ2v) is 8.80. The number of aryl methyl sites for hydroxylation is 1. The van der Waals surface area contributed by atoms with E-state index in [0.29, 0.717) is 31.2 Å². The van der Waals surface area contributed by atoms with Crippen molar-refractivity contribution in [1.29, 1.82) is 0 Å². The Labute approximate surface area is 197 Å². The molecule has 2 amide bonds. The van der Waals surface area contributed by atoms with E-state index in [4.69, 9.17) is 9.47 Å². The van der Waals surface area contributed by atoms with Crippen molar-refractivity contribution in [3.05, 3.63) is 59.0 Å². The first-order chi connectivity index (χ1) is 16.0. The summed E-state index contributed by atoms with van der Waals surface area (Å²) in [4.78, 5) is 28.4. The highest BCUT2D eigenvalue weighted by Gasteiger charge is 2.23. The van der Waals surface area contributed by atoms with Gasteiger partial charge in [0.1, 0.15) is 11.5 Å². The highest BCUT2D eigenvalue weighted by molar-refractivity contribution is 7.14. The lowest BCUT2D eigenvalue weighted by molar-refractivity contribution is -0.120. The number of amides is 2. The van der Waals surface area contributed by atoms with E-state index in [1.54, 1.807) is 0 Å². The molecule has 0 saturated carbocycles. The van der Waals surface area contributed by atoms with E-state index >= 15 is 0 Å². The van der Waals surface area contributed by atoms with Gasteiger partial charge in [-0.2, -0.15) is 0 Å². The lowest BCUT2D eigenvalue weighted by atomic mass is 9.97. The van der Waals surface area contributed by atoms with E-state index in [1.807, 2.05) is 54.8 Å². The van der Waals surface area contributed by atoms with Crippen LogP contribution in [0.15, 0.2) is 47.8 Å². The van der Waals surface area contributed by atoms with Crippen LogP contribution in [-0.2, 0) is 9.59 Å². The van der Waals surface area contributed by atoms with E-state index in [-0.39, 0.29) is 17.9 Å². The summed E-state index contributed by atoms with van der Waals surface area (Å²) in [6.07, 6.45) is 1.70. The average Bonchev–Trinajstić information content (AvgIpc) is 3.26. The molecule has 0 radical (unpaired) electrons. The number of nitrogens with zero attached hydrogens (tertiary/aromatic N) is 1. The number of thiazole rings is 1. The number of carbonyl (C=O) groups excluding carboxylic acids is 2. The van der Waals surface area contributed by atoms with Crippen LogP contribution < -0.4 is 20.1 Å². The van der Waals surface area contributed by atoms with Gasteiger partial charge in [0.25, 0.3) is 0 Å². The molecule has 7 nitrogen and oxygen atoms in total. The van der Waals surface area contributed by atoms with Gasteiger partial charge in [0.15, 0.2) is 5.13 Å². The van der Waals surface area contributed by atoms with Crippen LogP contribution >= 0.6 is 11.3 Å². The highest BCUT2D eigenvalue weighted by Crippen LogP contribution is 2.36. The van der Waals surface area contributed by atoms with Gasteiger partial charge >= 0.3 is 0 Å². The molecule has 3 aromatic rings. The zero-order valence-corrected chi connectivity index (χ0v) is 19.5. The first-order valence-corrected chi connectivity index (χ1v) is 11.9. The molecule has 0 saturated heterocycles. The number of para-hydroxylation sites is 1. The molecular formula is C25H27N3O4S. The van der Waals surface area contributed by atoms with Crippen molar-refractivity contribution in [2.75, 3.05) is 18.5 Å². The van der Waals surface area contributed by atoms with Gasteiger partial charge in [-0.05, 0) is 43.2 Å². The van der Waals surface area contributed by atoms with Crippen molar-refractivity contribution in [3.8, 4) is 22.8 Å². The summed E-state index contributed by atoms with van der Waals surface area (Å²) in [6, 6.07) is 13.6. The standard InChI is InChI=1S/C25H27N3O4S/c1-16-6-3-4-7-22(16)31-12-5-8-24(30)28-25-27-21(15-33-25)18-9-10-23-19(14-18)20(11-13-32-23)26-17(2)29/h3-4,6-7,9-10,14-15,20H,5,8,11-13H2,1-2H3,(H,26,29)(H,27,28,30). The van der Waals surface area contributed by atoms with Crippen molar-refractivity contribution >= 4 is 28.3 Å². The predicted molar refractivity (Wildman–Crippen MR) is 129 cm³/mol. The zero-order valence-electron chi connectivity index (χ0n) is 18.7. The van der Waals surface area contributed by atoms with Gasteiger partial charge < -0.3 is 20.1 Å². The lowest BCUT2D eigenvalue weighted by Crippen LogP contribution is -2.30. The predicted octanol–water partition coefficient (Wildman–Crippen LogP) is 4.88. The number of anilines is 1. The van der Waals surface area contributed by atoms with Gasteiger partial charge in [-0.15, -0.1) is 11.3 Å². The molecule has 1 aromatic heterocycles. The minimum absolute atomic E-state index is 0.0683. The molecule has 4 rings (SSSR count). The first-order valence-electron chi connectivity index (χ1n) is 11.0. The molecule has 2 N–H and O–H groups in total. The summed E-state index contributed by atoms with van der Waals surface area (Å²) < 4.78 is 11.5. The Kier molecular flexibility index (Phi) is 7.24. The molecule has 33 heavy (non-hydrogen) atoms. The Bertz CT molecular complexity index is 1140. The van der Waals surface area contributed by atoms with Crippen LogP contribution in [0.4, 0.5) is 5.13 Å². The van der Waals surface area contributed by atoms with Crippen LogP contribution in [0.3, 0.4) is 0 Å². The van der Waals surface area contributed by atoms with Gasteiger partial charge in [-0.1, -0.05) is 18.2 Å². The van der Waals surface area contributed by atoms with E-state index in [0.717, 1.165) is 40.3 Å². The smallest absolute Gasteiger partial charge is 0.226 e. The Balaban J connectivity index is 1.33. The fourth-order valence-corrected chi connectivity index (χ4v) is 4.46. The van der Waals surface area contributed by atoms with Gasteiger partial charge in [-0.3, -0.25) is 9.59 Å². The quantitative estimate of drug-likeness (QED) is 0.463. The van der Waals surface area contributed by atoms with E-state index in [9.17, 15) is 9.59 Å². The molecule has 2 heterocycles. The molecule has 0 aliphatic carbocycles. The van der Waals surface area contributed by atoms with Crippen molar-refractivity contribution in [2.45, 2.75) is 39.2 Å². The third-order valence-corrected chi connectivity index (χ3v) is 6.13. The molecule has 172 valence electrons. The van der Waals surface area contributed by atoms with E-state index in [2.05, 4.69) is 15.6 Å². The van der Waals surface area contributed by atoms with Gasteiger partial charge in [0, 0.05) is 36.3 Å². The molecule has 1 aliphatic rings. The largest absolute Gasteiger partial charge is 0.493 e. The van der Waals surface area contributed by atoms with Gasteiger partial charge in [0.2, 0.25) is 11.8 Å². The Morgan fingerprint density at radius 2 is 2.09 bits per heavy atom. The normalized spacial score (nSPS) is 14.7. The number of nitrogens with one attached hydrogen (secondary N) is 2. The summed E-state index contributed by atoms with van der Waals surface area (Å²) >= 11 is 1.38. The molecule has 2 aromatic carbocycles. The Morgan fingerprint density at radius 1 is 1.24 bits per heavy atom. The highest BCUT2D eigenvalue weighted by atomic mass is 32.1. The number of hydrogen-bond acceptors (Lipinski definition) is 6. The Morgan fingerprint density at radius 3 is 2.91 bits per heavy atom.